The first-order valence-corrected chi connectivity index (χ1v) is 7.81. The van der Waals surface area contributed by atoms with Gasteiger partial charge in [0.1, 0.15) is 11.8 Å². The molecule has 1 unspecified atom stereocenters. The van der Waals surface area contributed by atoms with Crippen molar-refractivity contribution in [3.63, 3.8) is 0 Å². The van der Waals surface area contributed by atoms with Gasteiger partial charge in [0.25, 0.3) is 0 Å². The fourth-order valence-electron chi connectivity index (χ4n) is 3.48. The van der Waals surface area contributed by atoms with Crippen LogP contribution < -0.4 is 14.2 Å². The molecule has 0 amide bonds. The molecule has 3 rings (SSSR count). The lowest BCUT2D eigenvalue weighted by atomic mass is 9.86. The molecule has 1 atom stereocenters. The maximum Gasteiger partial charge on any atom is 0.231 e. The van der Waals surface area contributed by atoms with Crippen molar-refractivity contribution in [2.24, 2.45) is 0 Å². The van der Waals surface area contributed by atoms with E-state index in [9.17, 15) is 4.79 Å². The van der Waals surface area contributed by atoms with Gasteiger partial charge >= 0.3 is 0 Å². The highest BCUT2D eigenvalue weighted by Crippen LogP contribution is 2.51. The van der Waals surface area contributed by atoms with E-state index in [1.165, 1.54) is 5.56 Å². The maximum atomic E-state index is 12.1. The normalized spacial score (nSPS) is 21.4. The molecule has 0 aromatic heterocycles. The first-order chi connectivity index (χ1) is 10.5. The van der Waals surface area contributed by atoms with E-state index in [0.717, 1.165) is 34.5 Å². The van der Waals surface area contributed by atoms with Crippen molar-refractivity contribution < 1.29 is 23.5 Å². The minimum Gasteiger partial charge on any atom is -0.492 e. The highest BCUT2D eigenvalue weighted by molar-refractivity contribution is 5.79. The Bertz CT molecular complexity index is 609. The van der Waals surface area contributed by atoms with Gasteiger partial charge in [-0.3, -0.25) is 4.79 Å². The summed E-state index contributed by atoms with van der Waals surface area (Å²) in [5.41, 5.74) is 2.33. The van der Waals surface area contributed by atoms with Crippen LogP contribution in [0.25, 0.3) is 0 Å². The maximum absolute atomic E-state index is 12.1. The summed E-state index contributed by atoms with van der Waals surface area (Å²) in [6.45, 7) is 3.14. The number of methoxy groups -OCH3 is 1. The van der Waals surface area contributed by atoms with Gasteiger partial charge in [0.2, 0.25) is 12.5 Å². The third kappa shape index (κ3) is 2.33. The molecular formula is C17H24NO4+. The van der Waals surface area contributed by atoms with Crippen LogP contribution in [-0.2, 0) is 11.2 Å². The van der Waals surface area contributed by atoms with Gasteiger partial charge in [-0.05, 0) is 11.6 Å². The number of ketones is 1. The Labute approximate surface area is 131 Å². The first-order valence-electron chi connectivity index (χ1n) is 7.81. The lowest BCUT2D eigenvalue weighted by Gasteiger charge is -2.43. The summed E-state index contributed by atoms with van der Waals surface area (Å²) in [5, 5.41) is 0. The third-order valence-electron chi connectivity index (χ3n) is 4.90. The van der Waals surface area contributed by atoms with Gasteiger partial charge in [0.05, 0.1) is 39.7 Å². The predicted molar refractivity (Wildman–Crippen MR) is 82.5 cm³/mol. The van der Waals surface area contributed by atoms with Gasteiger partial charge < -0.3 is 18.7 Å². The molecule has 5 nitrogen and oxygen atoms in total. The van der Waals surface area contributed by atoms with Gasteiger partial charge in [-0.15, -0.1) is 0 Å². The number of carbonyl (C=O) groups is 1. The summed E-state index contributed by atoms with van der Waals surface area (Å²) >= 11 is 0. The average Bonchev–Trinajstić information content (AvgIpc) is 2.95. The Kier molecular flexibility index (Phi) is 3.77. The van der Waals surface area contributed by atoms with E-state index in [0.29, 0.717) is 18.6 Å². The monoisotopic (exact) mass is 306 g/mol. The van der Waals surface area contributed by atoms with Crippen LogP contribution in [0.1, 0.15) is 36.9 Å². The number of nitrogens with zero attached hydrogens (tertiary/aromatic N) is 1. The number of likely N-dealkylation sites (N-methyl/N-ethyl adjacent to an activating group) is 1. The fourth-order valence-corrected chi connectivity index (χ4v) is 3.48. The van der Waals surface area contributed by atoms with E-state index in [-0.39, 0.29) is 18.6 Å². The van der Waals surface area contributed by atoms with E-state index in [1.807, 2.05) is 6.92 Å². The molecule has 22 heavy (non-hydrogen) atoms. The van der Waals surface area contributed by atoms with Crippen molar-refractivity contribution >= 4 is 5.78 Å². The molecule has 120 valence electrons. The quantitative estimate of drug-likeness (QED) is 0.802. The lowest BCUT2D eigenvalue weighted by Crippen LogP contribution is -2.48. The summed E-state index contributed by atoms with van der Waals surface area (Å²) in [5.74, 6) is 2.45. The summed E-state index contributed by atoms with van der Waals surface area (Å²) in [4.78, 5) is 12.1. The van der Waals surface area contributed by atoms with Crippen molar-refractivity contribution in [3.8, 4) is 17.2 Å². The molecule has 2 aliphatic rings. The number of hydrogen-bond acceptors (Lipinski definition) is 4. The topological polar surface area (TPSA) is 44.8 Å². The van der Waals surface area contributed by atoms with Crippen LogP contribution in [0.15, 0.2) is 6.07 Å². The van der Waals surface area contributed by atoms with Crippen molar-refractivity contribution in [2.75, 3.05) is 34.5 Å². The second kappa shape index (κ2) is 5.47. The Morgan fingerprint density at radius 1 is 1.41 bits per heavy atom. The number of carbonyl (C=O) groups excluding carboxylic acids is 1. The minimum atomic E-state index is 0.0978. The molecule has 0 N–H and O–H groups in total. The van der Waals surface area contributed by atoms with Gasteiger partial charge in [-0.2, -0.15) is 0 Å². The standard InChI is InChI=1S/C17H24NO4/c1-5-12(19)9-13-15-11(6-7-18(13,2)3)8-14-16(17(15)20-4)22-10-21-14/h8,13H,5-7,9-10H2,1-4H3/q+1. The number of ether oxygens (including phenoxy) is 3. The third-order valence-corrected chi connectivity index (χ3v) is 4.90. The largest absolute Gasteiger partial charge is 0.492 e. The first kappa shape index (κ1) is 15.2. The van der Waals surface area contributed by atoms with Crippen LogP contribution in [0.5, 0.6) is 17.2 Å². The molecular weight excluding hydrogens is 282 g/mol. The van der Waals surface area contributed by atoms with Gasteiger partial charge in [0.15, 0.2) is 11.5 Å². The number of rotatable bonds is 4. The van der Waals surface area contributed by atoms with E-state index in [4.69, 9.17) is 14.2 Å². The second-order valence-corrected chi connectivity index (χ2v) is 6.58. The van der Waals surface area contributed by atoms with Crippen LogP contribution in [0.3, 0.4) is 0 Å². The minimum absolute atomic E-state index is 0.0978. The Morgan fingerprint density at radius 3 is 2.86 bits per heavy atom. The van der Waals surface area contributed by atoms with Gasteiger partial charge in [0, 0.05) is 12.8 Å². The molecule has 0 saturated carbocycles. The second-order valence-electron chi connectivity index (χ2n) is 6.58. The molecule has 2 aliphatic heterocycles. The fraction of sp³-hybridized carbons (Fsp3) is 0.588. The summed E-state index contributed by atoms with van der Waals surface area (Å²) in [7, 11) is 6.02. The summed E-state index contributed by atoms with van der Waals surface area (Å²) in [6.07, 6.45) is 2.05. The molecule has 0 bridgehead atoms. The number of fused-ring (bicyclic) bond motifs is 2. The molecule has 0 radical (unpaired) electrons. The Hall–Kier alpha value is -1.75. The molecule has 0 aliphatic carbocycles. The number of benzene rings is 1. The average molecular weight is 306 g/mol. The highest BCUT2D eigenvalue weighted by Gasteiger charge is 2.41. The number of hydrogen-bond donors (Lipinski definition) is 0. The molecule has 0 saturated heterocycles. The van der Waals surface area contributed by atoms with Crippen LogP contribution in [0, 0.1) is 0 Å². The van der Waals surface area contributed by atoms with Crippen LogP contribution in [0.4, 0.5) is 0 Å². The van der Waals surface area contributed by atoms with Crippen molar-refractivity contribution in [3.05, 3.63) is 17.2 Å². The smallest absolute Gasteiger partial charge is 0.231 e. The predicted octanol–water partition coefficient (Wildman–Crippen LogP) is 2.47. The van der Waals surface area contributed by atoms with Crippen molar-refractivity contribution in [2.45, 2.75) is 32.2 Å². The zero-order valence-electron chi connectivity index (χ0n) is 13.8. The highest BCUT2D eigenvalue weighted by atomic mass is 16.7. The van der Waals surface area contributed by atoms with Crippen LogP contribution >= 0.6 is 0 Å². The molecule has 0 fully saturated rings. The Morgan fingerprint density at radius 2 is 2.18 bits per heavy atom. The van der Waals surface area contributed by atoms with Crippen molar-refractivity contribution in [1.29, 1.82) is 0 Å². The summed E-state index contributed by atoms with van der Waals surface area (Å²) < 4.78 is 17.6. The number of quaternary nitrogens is 1. The molecule has 1 aromatic carbocycles. The SMILES string of the molecule is CCC(=O)CC1c2c(cc3c(c2OC)OCO3)CC[N+]1(C)C. The van der Waals surface area contributed by atoms with Gasteiger partial charge in [-0.25, -0.2) is 0 Å². The number of Topliss-reactive ketones (excluding diaryl/α,β-unsaturated/α-hetero) is 1. The van der Waals surface area contributed by atoms with E-state index in [1.54, 1.807) is 7.11 Å². The molecule has 1 aromatic rings. The summed E-state index contributed by atoms with van der Waals surface area (Å²) in [6, 6.07) is 2.16. The van der Waals surface area contributed by atoms with Crippen LogP contribution in [-0.4, -0.2) is 44.8 Å². The zero-order valence-corrected chi connectivity index (χ0v) is 13.8. The van der Waals surface area contributed by atoms with Crippen LogP contribution in [0.2, 0.25) is 0 Å². The Balaban J connectivity index is 2.14. The van der Waals surface area contributed by atoms with E-state index < -0.39 is 0 Å². The van der Waals surface area contributed by atoms with E-state index in [2.05, 4.69) is 20.2 Å². The van der Waals surface area contributed by atoms with Gasteiger partial charge in [-0.1, -0.05) is 6.92 Å². The molecule has 2 heterocycles. The molecule has 5 heteroatoms. The van der Waals surface area contributed by atoms with Crippen molar-refractivity contribution in [1.82, 2.24) is 0 Å². The van der Waals surface area contributed by atoms with E-state index >= 15 is 0 Å². The zero-order chi connectivity index (χ0) is 15.9. The lowest BCUT2D eigenvalue weighted by molar-refractivity contribution is -0.922. The molecule has 0 spiro atoms.